The van der Waals surface area contributed by atoms with Gasteiger partial charge in [0, 0.05) is 23.5 Å². The van der Waals surface area contributed by atoms with E-state index in [9.17, 15) is 19.5 Å². The summed E-state index contributed by atoms with van der Waals surface area (Å²) in [4.78, 5) is 37.8. The Morgan fingerprint density at radius 1 is 1.46 bits per heavy atom. The van der Waals surface area contributed by atoms with Gasteiger partial charge in [-0.15, -0.1) is 11.8 Å². The second kappa shape index (κ2) is 7.23. The molecule has 1 fully saturated rings. The van der Waals surface area contributed by atoms with Crippen molar-refractivity contribution in [2.75, 3.05) is 24.2 Å². The standard InChI is InChI=1S/C16H20N2O5S/c1-16(23,15(21)22)9-17-14(20)10-6-13(19)18(8-10)11-4-3-5-12(7-11)24-2/h3-5,7,10,23H,6,8-9H2,1-2H3,(H,17,20)(H,21,22). The van der Waals surface area contributed by atoms with Crippen LogP contribution in [0.5, 0.6) is 0 Å². The average molecular weight is 352 g/mol. The fraction of sp³-hybridized carbons (Fsp3) is 0.438. The molecule has 130 valence electrons. The molecule has 2 unspecified atom stereocenters. The number of benzene rings is 1. The molecule has 0 radical (unpaired) electrons. The summed E-state index contributed by atoms with van der Waals surface area (Å²) in [6.07, 6.45) is 2.00. The first-order chi connectivity index (χ1) is 11.2. The molecule has 0 aromatic heterocycles. The van der Waals surface area contributed by atoms with Crippen LogP contribution in [0, 0.1) is 5.92 Å². The molecule has 0 aliphatic carbocycles. The van der Waals surface area contributed by atoms with Crippen LogP contribution in [0.1, 0.15) is 13.3 Å². The molecule has 1 aliphatic rings. The highest BCUT2D eigenvalue weighted by molar-refractivity contribution is 7.98. The SMILES string of the molecule is CSc1cccc(N2CC(C(=O)NCC(C)(O)C(=O)O)CC2=O)c1. The minimum absolute atomic E-state index is 0.0601. The molecular weight excluding hydrogens is 332 g/mol. The maximum Gasteiger partial charge on any atom is 0.337 e. The summed E-state index contributed by atoms with van der Waals surface area (Å²) in [6, 6.07) is 7.49. The largest absolute Gasteiger partial charge is 0.479 e. The molecule has 0 bridgehead atoms. The molecule has 0 spiro atoms. The van der Waals surface area contributed by atoms with E-state index in [1.165, 1.54) is 0 Å². The molecule has 24 heavy (non-hydrogen) atoms. The van der Waals surface area contributed by atoms with E-state index in [0.29, 0.717) is 0 Å². The normalized spacial score (nSPS) is 19.9. The second-order valence-electron chi connectivity index (χ2n) is 5.90. The zero-order valence-corrected chi connectivity index (χ0v) is 14.3. The molecule has 0 saturated carbocycles. The van der Waals surface area contributed by atoms with E-state index in [1.807, 2.05) is 30.5 Å². The molecular formula is C16H20N2O5S. The summed E-state index contributed by atoms with van der Waals surface area (Å²) in [6.45, 7) is 0.932. The molecule has 1 aromatic rings. The van der Waals surface area contributed by atoms with Crippen molar-refractivity contribution in [3.63, 3.8) is 0 Å². The van der Waals surface area contributed by atoms with Crippen LogP contribution in [0.2, 0.25) is 0 Å². The van der Waals surface area contributed by atoms with Crippen LogP contribution in [0.15, 0.2) is 29.2 Å². The summed E-state index contributed by atoms with van der Waals surface area (Å²) in [7, 11) is 0. The van der Waals surface area contributed by atoms with Gasteiger partial charge in [0.1, 0.15) is 0 Å². The van der Waals surface area contributed by atoms with E-state index < -0.39 is 29.9 Å². The number of hydrogen-bond donors (Lipinski definition) is 3. The molecule has 1 saturated heterocycles. The highest BCUT2D eigenvalue weighted by atomic mass is 32.2. The molecule has 2 atom stereocenters. The van der Waals surface area contributed by atoms with Crippen molar-refractivity contribution in [2.45, 2.75) is 23.8 Å². The van der Waals surface area contributed by atoms with Gasteiger partial charge in [0.25, 0.3) is 0 Å². The highest BCUT2D eigenvalue weighted by Crippen LogP contribution is 2.28. The number of carbonyl (C=O) groups is 3. The van der Waals surface area contributed by atoms with E-state index in [2.05, 4.69) is 5.32 Å². The number of amides is 2. The predicted molar refractivity (Wildman–Crippen MR) is 90.0 cm³/mol. The third-order valence-electron chi connectivity index (χ3n) is 3.93. The number of rotatable bonds is 6. The van der Waals surface area contributed by atoms with Crippen molar-refractivity contribution in [2.24, 2.45) is 5.92 Å². The highest BCUT2D eigenvalue weighted by Gasteiger charge is 2.37. The van der Waals surface area contributed by atoms with Gasteiger partial charge >= 0.3 is 5.97 Å². The van der Waals surface area contributed by atoms with Gasteiger partial charge in [0.15, 0.2) is 5.60 Å². The summed E-state index contributed by atoms with van der Waals surface area (Å²) in [5, 5.41) is 20.9. The molecule has 3 N–H and O–H groups in total. The Labute approximate surface area is 144 Å². The molecule has 1 aliphatic heterocycles. The van der Waals surface area contributed by atoms with Crippen LogP contribution < -0.4 is 10.2 Å². The minimum Gasteiger partial charge on any atom is -0.479 e. The third kappa shape index (κ3) is 4.07. The number of anilines is 1. The van der Waals surface area contributed by atoms with Gasteiger partial charge in [-0.1, -0.05) is 6.07 Å². The molecule has 2 amide bonds. The van der Waals surface area contributed by atoms with E-state index >= 15 is 0 Å². The van der Waals surface area contributed by atoms with E-state index in [4.69, 9.17) is 5.11 Å². The summed E-state index contributed by atoms with van der Waals surface area (Å²) in [5.74, 6) is -2.58. The lowest BCUT2D eigenvalue weighted by atomic mass is 10.1. The molecule has 1 heterocycles. The van der Waals surface area contributed by atoms with Gasteiger partial charge in [-0.25, -0.2) is 4.79 Å². The van der Waals surface area contributed by atoms with Crippen molar-refractivity contribution in [1.82, 2.24) is 5.32 Å². The lowest BCUT2D eigenvalue weighted by molar-refractivity contribution is -0.156. The number of carbonyl (C=O) groups excluding carboxylic acids is 2. The van der Waals surface area contributed by atoms with E-state index in [0.717, 1.165) is 17.5 Å². The van der Waals surface area contributed by atoms with E-state index in [-0.39, 0.29) is 18.9 Å². The van der Waals surface area contributed by atoms with Crippen molar-refractivity contribution in [1.29, 1.82) is 0 Å². The van der Waals surface area contributed by atoms with Crippen molar-refractivity contribution in [3.05, 3.63) is 24.3 Å². The van der Waals surface area contributed by atoms with Crippen LogP contribution in [0.25, 0.3) is 0 Å². The predicted octanol–water partition coefficient (Wildman–Crippen LogP) is 0.713. The molecule has 7 nitrogen and oxygen atoms in total. The summed E-state index contributed by atoms with van der Waals surface area (Å²) < 4.78 is 0. The quantitative estimate of drug-likeness (QED) is 0.651. The minimum atomic E-state index is -2.04. The second-order valence-corrected chi connectivity index (χ2v) is 6.78. The Kier molecular flexibility index (Phi) is 5.51. The van der Waals surface area contributed by atoms with E-state index in [1.54, 1.807) is 16.7 Å². The Morgan fingerprint density at radius 2 is 2.17 bits per heavy atom. The Morgan fingerprint density at radius 3 is 2.79 bits per heavy atom. The van der Waals surface area contributed by atoms with Gasteiger partial charge in [-0.3, -0.25) is 9.59 Å². The third-order valence-corrected chi connectivity index (χ3v) is 4.65. The monoisotopic (exact) mass is 352 g/mol. The smallest absolute Gasteiger partial charge is 0.337 e. The van der Waals surface area contributed by atoms with Crippen LogP contribution in [0.4, 0.5) is 5.69 Å². The van der Waals surface area contributed by atoms with Crippen LogP contribution in [-0.4, -0.2) is 52.9 Å². The van der Waals surface area contributed by atoms with Gasteiger partial charge in [0.2, 0.25) is 11.8 Å². The number of carboxylic acid groups (broad SMARTS) is 1. The van der Waals surface area contributed by atoms with Crippen molar-refractivity contribution in [3.8, 4) is 0 Å². The Bertz CT molecular complexity index is 662. The fourth-order valence-corrected chi connectivity index (χ4v) is 2.84. The average Bonchev–Trinajstić information content (AvgIpc) is 2.94. The molecule has 2 rings (SSSR count). The van der Waals surface area contributed by atoms with Gasteiger partial charge < -0.3 is 20.4 Å². The number of nitrogens with one attached hydrogen (secondary N) is 1. The number of thioether (sulfide) groups is 1. The van der Waals surface area contributed by atoms with Crippen molar-refractivity contribution < 1.29 is 24.6 Å². The summed E-state index contributed by atoms with van der Waals surface area (Å²) >= 11 is 1.56. The Hall–Kier alpha value is -2.06. The lowest BCUT2D eigenvalue weighted by Crippen LogP contribution is -2.48. The van der Waals surface area contributed by atoms with Crippen LogP contribution in [-0.2, 0) is 14.4 Å². The molecule has 8 heteroatoms. The number of carboxylic acids is 1. The zero-order valence-electron chi connectivity index (χ0n) is 13.5. The topological polar surface area (TPSA) is 107 Å². The first-order valence-corrected chi connectivity index (χ1v) is 8.65. The van der Waals surface area contributed by atoms with Crippen molar-refractivity contribution >= 4 is 35.2 Å². The number of aliphatic hydroxyl groups is 1. The number of nitrogens with zero attached hydrogens (tertiary/aromatic N) is 1. The maximum absolute atomic E-state index is 12.2. The zero-order chi connectivity index (χ0) is 17.9. The lowest BCUT2D eigenvalue weighted by Gasteiger charge is -2.20. The van der Waals surface area contributed by atoms with Gasteiger partial charge in [-0.2, -0.15) is 0 Å². The summed E-state index contributed by atoms with van der Waals surface area (Å²) in [5.41, 5.74) is -1.30. The van der Waals surface area contributed by atoms with Gasteiger partial charge in [0.05, 0.1) is 12.5 Å². The molecule has 1 aromatic carbocycles. The maximum atomic E-state index is 12.2. The number of hydrogen-bond acceptors (Lipinski definition) is 5. The van der Waals surface area contributed by atoms with Gasteiger partial charge in [-0.05, 0) is 31.4 Å². The number of aliphatic carboxylic acids is 1. The Balaban J connectivity index is 2.01. The van der Waals surface area contributed by atoms with Crippen LogP contribution >= 0.6 is 11.8 Å². The fourth-order valence-electron chi connectivity index (χ4n) is 2.39. The first-order valence-electron chi connectivity index (χ1n) is 7.42. The first kappa shape index (κ1) is 18.3. The van der Waals surface area contributed by atoms with Crippen LogP contribution in [0.3, 0.4) is 0 Å².